The average Bonchev–Trinajstić information content (AvgIpc) is 2.81. The molecule has 0 aromatic heterocycles. The van der Waals surface area contributed by atoms with Crippen LogP contribution in [0.3, 0.4) is 0 Å². The number of allylic oxidation sites excluding steroid dienone is 6. The van der Waals surface area contributed by atoms with Gasteiger partial charge in [-0.05, 0) is 69.4 Å². The van der Waals surface area contributed by atoms with Gasteiger partial charge in [-0.3, -0.25) is 4.79 Å². The smallest absolute Gasteiger partial charge is 0.181 e. The van der Waals surface area contributed by atoms with Crippen LogP contribution < -0.4 is 0 Å². The van der Waals surface area contributed by atoms with Crippen LogP contribution in [0.25, 0.3) is 0 Å². The number of hydrogen-bond acceptors (Lipinski definition) is 2. The van der Waals surface area contributed by atoms with E-state index in [1.807, 2.05) is 13.0 Å². The predicted molar refractivity (Wildman–Crippen MR) is 95.0 cm³/mol. The molecule has 2 nitrogen and oxygen atoms in total. The molecule has 126 valence electrons. The molecule has 24 heavy (non-hydrogen) atoms. The number of aliphatic hydroxyl groups is 1. The largest absolute Gasteiger partial charge is 0.377 e. The third-order valence-electron chi connectivity index (χ3n) is 7.64. The van der Waals surface area contributed by atoms with Gasteiger partial charge in [-0.15, -0.1) is 6.42 Å². The molecule has 0 radical (unpaired) electrons. The van der Waals surface area contributed by atoms with Crippen molar-refractivity contribution >= 4 is 5.78 Å². The number of terminal acetylenes is 1. The summed E-state index contributed by atoms with van der Waals surface area (Å²) in [5.74, 6) is 3.77. The summed E-state index contributed by atoms with van der Waals surface area (Å²) in [5, 5.41) is 11.0. The minimum atomic E-state index is -0.981. The third-order valence-corrected chi connectivity index (χ3v) is 7.64. The fourth-order valence-corrected chi connectivity index (χ4v) is 6.05. The van der Waals surface area contributed by atoms with E-state index in [9.17, 15) is 9.90 Å². The SMILES string of the molecule is C#C[C@]1([16OH])CC[C@H]2[C@@H]3CCC4=CC(=O)C(C)=C[C@]4(C)C3=CC[C@@]21C. The number of rotatable bonds is 0. The van der Waals surface area contributed by atoms with E-state index < -0.39 is 5.60 Å². The first-order chi connectivity index (χ1) is 11.2. The molecule has 0 saturated heterocycles. The van der Waals surface area contributed by atoms with E-state index in [0.717, 1.165) is 31.3 Å². The second-order valence-electron chi connectivity index (χ2n) is 8.64. The molecule has 0 heterocycles. The van der Waals surface area contributed by atoms with Gasteiger partial charge in [0.1, 0.15) is 5.60 Å². The summed E-state index contributed by atoms with van der Waals surface area (Å²) < 4.78 is 0. The highest BCUT2D eigenvalue weighted by Gasteiger charge is 2.61. The van der Waals surface area contributed by atoms with Crippen LogP contribution in [0.2, 0.25) is 0 Å². The second kappa shape index (κ2) is 4.73. The van der Waals surface area contributed by atoms with Gasteiger partial charge in [-0.1, -0.05) is 36.1 Å². The molecule has 0 aliphatic heterocycles. The monoisotopic (exact) mass is 322 g/mol. The van der Waals surface area contributed by atoms with Crippen molar-refractivity contribution in [3.05, 3.63) is 34.9 Å². The molecule has 5 atom stereocenters. The summed E-state index contributed by atoms with van der Waals surface area (Å²) in [4.78, 5) is 12.1. The molecule has 4 aliphatic carbocycles. The zero-order valence-electron chi connectivity index (χ0n) is 14.9. The summed E-state index contributed by atoms with van der Waals surface area (Å²) in [6.07, 6.45) is 16.7. The van der Waals surface area contributed by atoms with Crippen molar-refractivity contribution < 1.29 is 9.90 Å². The number of fused-ring (bicyclic) bond motifs is 5. The molecule has 4 rings (SSSR count). The molecule has 0 unspecified atom stereocenters. The van der Waals surface area contributed by atoms with E-state index >= 15 is 0 Å². The Bertz CT molecular complexity index is 761. The van der Waals surface area contributed by atoms with Gasteiger partial charge in [0.15, 0.2) is 5.78 Å². The van der Waals surface area contributed by atoms with Crippen LogP contribution in [-0.4, -0.2) is 16.5 Å². The van der Waals surface area contributed by atoms with Gasteiger partial charge in [-0.25, -0.2) is 0 Å². The van der Waals surface area contributed by atoms with E-state index in [-0.39, 0.29) is 16.6 Å². The van der Waals surface area contributed by atoms with E-state index in [4.69, 9.17) is 6.42 Å². The van der Waals surface area contributed by atoms with Crippen molar-refractivity contribution in [1.82, 2.24) is 0 Å². The zero-order valence-corrected chi connectivity index (χ0v) is 14.9. The first-order valence-electron chi connectivity index (χ1n) is 9.11. The summed E-state index contributed by atoms with van der Waals surface area (Å²) in [5.41, 5.74) is 2.23. The standard InChI is InChI=1S/C22H26O2/c1-5-22(24)11-9-18-16-7-6-15-12-19(23)14(2)13-20(15,3)17(16)8-10-21(18,22)4/h1,8,12-13,16,18,24H,6-7,9-11H2,2-4H3/t16-,18+,20+,21+,22+/m1/s1/i24+0. The first-order valence-corrected chi connectivity index (χ1v) is 9.11. The van der Waals surface area contributed by atoms with Crippen LogP contribution in [0, 0.1) is 35.0 Å². The summed E-state index contributed by atoms with van der Waals surface area (Å²) in [6.45, 7) is 6.36. The minimum Gasteiger partial charge on any atom is -0.377 e. The number of carbonyl (C=O) groups is 1. The maximum Gasteiger partial charge on any atom is 0.181 e. The number of carbonyl (C=O) groups excluding carboxylic acids is 1. The molecule has 0 aromatic carbocycles. The lowest BCUT2D eigenvalue weighted by Gasteiger charge is -2.53. The predicted octanol–water partition coefficient (Wildman–Crippen LogP) is 3.97. The van der Waals surface area contributed by atoms with Crippen LogP contribution in [0.5, 0.6) is 0 Å². The molecule has 1 N–H and O–H groups in total. The summed E-state index contributed by atoms with van der Waals surface area (Å²) in [7, 11) is 0. The number of ketones is 1. The molecule has 0 bridgehead atoms. The van der Waals surface area contributed by atoms with E-state index in [2.05, 4.69) is 31.9 Å². The molecule has 0 amide bonds. The lowest BCUT2D eigenvalue weighted by Crippen LogP contribution is -2.49. The Morgan fingerprint density at radius 1 is 1.33 bits per heavy atom. The van der Waals surface area contributed by atoms with Crippen LogP contribution in [0.1, 0.15) is 52.9 Å². The fourth-order valence-electron chi connectivity index (χ4n) is 6.05. The molecular formula is C22H26O2. The Morgan fingerprint density at radius 2 is 2.08 bits per heavy atom. The maximum absolute atomic E-state index is 12.1. The zero-order chi connectivity index (χ0) is 17.3. The lowest BCUT2D eigenvalue weighted by molar-refractivity contribution is -0.111. The summed E-state index contributed by atoms with van der Waals surface area (Å²) in [6, 6.07) is 0. The van der Waals surface area contributed by atoms with Crippen molar-refractivity contribution in [2.45, 2.75) is 58.5 Å². The fraction of sp³-hybridized carbons (Fsp3) is 0.591. The molecule has 2 saturated carbocycles. The molecule has 0 aromatic rings. The number of hydrogen-bond donors (Lipinski definition) is 1. The molecule has 2 fully saturated rings. The average molecular weight is 322 g/mol. The highest BCUT2D eigenvalue weighted by atomic mass is 16.3. The Hall–Kier alpha value is -1.59. The quantitative estimate of drug-likeness (QED) is 0.541. The topological polar surface area (TPSA) is 37.3 Å². The lowest BCUT2D eigenvalue weighted by atomic mass is 9.51. The Morgan fingerprint density at radius 3 is 2.79 bits per heavy atom. The van der Waals surface area contributed by atoms with E-state index in [1.54, 1.807) is 0 Å². The molecule has 4 aliphatic rings. The summed E-state index contributed by atoms with van der Waals surface area (Å²) >= 11 is 0. The van der Waals surface area contributed by atoms with Gasteiger partial charge in [0, 0.05) is 10.8 Å². The molecule has 0 spiro atoms. The normalized spacial score (nSPS) is 46.8. The Kier molecular flexibility index (Phi) is 3.14. The van der Waals surface area contributed by atoms with Gasteiger partial charge < -0.3 is 5.11 Å². The van der Waals surface area contributed by atoms with Gasteiger partial charge in [0.2, 0.25) is 0 Å². The van der Waals surface area contributed by atoms with Gasteiger partial charge in [-0.2, -0.15) is 0 Å². The van der Waals surface area contributed by atoms with Gasteiger partial charge >= 0.3 is 0 Å². The van der Waals surface area contributed by atoms with Crippen LogP contribution in [0.15, 0.2) is 34.9 Å². The van der Waals surface area contributed by atoms with Crippen molar-refractivity contribution in [2.24, 2.45) is 22.7 Å². The maximum atomic E-state index is 12.1. The van der Waals surface area contributed by atoms with Crippen LogP contribution in [0.4, 0.5) is 0 Å². The highest BCUT2D eigenvalue weighted by molar-refractivity contribution is 6.05. The third kappa shape index (κ3) is 1.74. The molecular weight excluding hydrogens is 296 g/mol. The first kappa shape index (κ1) is 15.9. The van der Waals surface area contributed by atoms with Crippen molar-refractivity contribution in [3.8, 4) is 12.3 Å². The highest BCUT2D eigenvalue weighted by Crippen LogP contribution is 2.64. The van der Waals surface area contributed by atoms with Crippen LogP contribution >= 0.6 is 0 Å². The van der Waals surface area contributed by atoms with Gasteiger partial charge in [0.05, 0.1) is 0 Å². The minimum absolute atomic E-state index is 0.126. The van der Waals surface area contributed by atoms with Crippen molar-refractivity contribution in [1.29, 1.82) is 0 Å². The van der Waals surface area contributed by atoms with E-state index in [0.29, 0.717) is 18.3 Å². The Labute approximate surface area is 144 Å². The van der Waals surface area contributed by atoms with Crippen molar-refractivity contribution in [3.63, 3.8) is 0 Å². The van der Waals surface area contributed by atoms with Crippen LogP contribution in [-0.2, 0) is 4.79 Å². The van der Waals surface area contributed by atoms with E-state index in [1.165, 1.54) is 11.1 Å². The Balaban J connectivity index is 1.81. The van der Waals surface area contributed by atoms with Crippen molar-refractivity contribution in [2.75, 3.05) is 0 Å². The molecule has 2 heteroatoms. The second-order valence-corrected chi connectivity index (χ2v) is 8.64. The van der Waals surface area contributed by atoms with Gasteiger partial charge in [0.25, 0.3) is 0 Å².